The zero-order chi connectivity index (χ0) is 21.3. The van der Waals surface area contributed by atoms with Crippen LogP contribution in [0.4, 0.5) is 0 Å². The van der Waals surface area contributed by atoms with Crippen molar-refractivity contribution in [1.82, 2.24) is 25.3 Å². The van der Waals surface area contributed by atoms with E-state index < -0.39 is 5.60 Å². The lowest BCUT2D eigenvalue weighted by molar-refractivity contribution is 0.0616. The van der Waals surface area contributed by atoms with Gasteiger partial charge in [0, 0.05) is 37.5 Å². The molecule has 1 aromatic heterocycles. The molecule has 1 atom stereocenters. The first-order valence-electron chi connectivity index (χ1n) is 9.91. The molecule has 0 aliphatic rings. The van der Waals surface area contributed by atoms with Gasteiger partial charge in [-0.15, -0.1) is 24.0 Å². The van der Waals surface area contributed by atoms with Gasteiger partial charge in [-0.05, 0) is 34.0 Å². The van der Waals surface area contributed by atoms with Gasteiger partial charge in [0.15, 0.2) is 5.96 Å². The van der Waals surface area contributed by atoms with Gasteiger partial charge in [-0.25, -0.2) is 4.99 Å². The van der Waals surface area contributed by atoms with Crippen LogP contribution in [-0.2, 0) is 19.2 Å². The third-order valence-electron chi connectivity index (χ3n) is 4.45. The fourth-order valence-corrected chi connectivity index (χ4v) is 2.68. The van der Waals surface area contributed by atoms with Crippen molar-refractivity contribution in [3.63, 3.8) is 0 Å². The zero-order valence-corrected chi connectivity index (χ0v) is 20.9. The molecule has 30 heavy (non-hydrogen) atoms. The topological polar surface area (TPSA) is 86.9 Å². The van der Waals surface area contributed by atoms with Gasteiger partial charge in [-0.3, -0.25) is 4.68 Å². The maximum atomic E-state index is 10.8. The molecule has 3 N–H and O–H groups in total. The molecule has 0 amide bonds. The number of nitrogens with zero attached hydrogens (tertiary/aromatic N) is 4. The molecule has 0 saturated heterocycles. The Balaban J connectivity index is 0.00000450. The highest BCUT2D eigenvalue weighted by Gasteiger charge is 2.25. The molecule has 9 heteroatoms. The molecule has 168 valence electrons. The van der Waals surface area contributed by atoms with E-state index in [2.05, 4.69) is 25.6 Å². The monoisotopic (exact) mass is 530 g/mol. The Labute approximate surface area is 196 Å². The molecule has 8 nitrogen and oxygen atoms in total. The van der Waals surface area contributed by atoms with Gasteiger partial charge in [-0.1, -0.05) is 18.2 Å². The van der Waals surface area contributed by atoms with E-state index in [0.29, 0.717) is 25.7 Å². The fraction of sp³-hybridized carbons (Fsp3) is 0.524. The van der Waals surface area contributed by atoms with Gasteiger partial charge in [0.25, 0.3) is 0 Å². The average Bonchev–Trinajstić information content (AvgIpc) is 3.12. The van der Waals surface area contributed by atoms with E-state index in [1.54, 1.807) is 17.8 Å². The third-order valence-corrected chi connectivity index (χ3v) is 4.45. The Morgan fingerprint density at radius 3 is 2.67 bits per heavy atom. The predicted octanol–water partition coefficient (Wildman–Crippen LogP) is 1.94. The number of halogens is 1. The summed E-state index contributed by atoms with van der Waals surface area (Å²) < 4.78 is 7.59. The van der Waals surface area contributed by atoms with E-state index in [4.69, 9.17) is 4.74 Å². The number of aryl methyl sites for hydroxylation is 1. The summed E-state index contributed by atoms with van der Waals surface area (Å²) in [5, 5.41) is 21.3. The van der Waals surface area contributed by atoms with Crippen molar-refractivity contribution < 1.29 is 9.84 Å². The minimum Gasteiger partial charge on any atom is -0.492 e. The van der Waals surface area contributed by atoms with Gasteiger partial charge in [-0.2, -0.15) is 5.10 Å². The van der Waals surface area contributed by atoms with Crippen LogP contribution in [0.15, 0.2) is 41.7 Å². The normalized spacial score (nSPS) is 13.5. The molecule has 0 fully saturated rings. The molecule has 1 aromatic carbocycles. The second kappa shape index (κ2) is 12.8. The van der Waals surface area contributed by atoms with Gasteiger partial charge >= 0.3 is 0 Å². The SMILES string of the molecule is CCNC(=NCc1ccccc1OCCN(C)C)NCC(C)(O)c1cnn(C)c1.I. The van der Waals surface area contributed by atoms with Crippen molar-refractivity contribution in [3.8, 4) is 5.75 Å². The molecule has 0 aliphatic carbocycles. The Hall–Kier alpha value is -1.85. The molecule has 0 aliphatic heterocycles. The number of nitrogens with one attached hydrogen (secondary N) is 2. The van der Waals surface area contributed by atoms with Crippen LogP contribution >= 0.6 is 24.0 Å². The van der Waals surface area contributed by atoms with Gasteiger partial charge in [0.1, 0.15) is 18.0 Å². The van der Waals surface area contributed by atoms with Crippen molar-refractivity contribution >= 4 is 29.9 Å². The van der Waals surface area contributed by atoms with Crippen LogP contribution in [0.3, 0.4) is 0 Å². The van der Waals surface area contributed by atoms with Crippen LogP contribution in [0.25, 0.3) is 0 Å². The van der Waals surface area contributed by atoms with Crippen molar-refractivity contribution in [2.75, 3.05) is 40.3 Å². The van der Waals surface area contributed by atoms with Crippen LogP contribution in [-0.4, -0.2) is 66.1 Å². The number of likely N-dealkylation sites (N-methyl/N-ethyl adjacent to an activating group) is 1. The molecule has 0 radical (unpaired) electrons. The summed E-state index contributed by atoms with van der Waals surface area (Å²) in [5.74, 6) is 1.48. The minimum atomic E-state index is -1.06. The Morgan fingerprint density at radius 1 is 1.30 bits per heavy atom. The summed E-state index contributed by atoms with van der Waals surface area (Å²) in [5.41, 5.74) is 0.711. The lowest BCUT2D eigenvalue weighted by Crippen LogP contribution is -2.44. The van der Waals surface area contributed by atoms with E-state index in [1.807, 2.05) is 58.5 Å². The second-order valence-electron chi connectivity index (χ2n) is 7.48. The van der Waals surface area contributed by atoms with Gasteiger partial charge in [0.2, 0.25) is 0 Å². The first-order valence-corrected chi connectivity index (χ1v) is 9.91. The Morgan fingerprint density at radius 2 is 2.03 bits per heavy atom. The molecule has 0 spiro atoms. The van der Waals surface area contributed by atoms with Crippen molar-refractivity contribution in [1.29, 1.82) is 0 Å². The summed E-state index contributed by atoms with van der Waals surface area (Å²) in [6.07, 6.45) is 3.49. The molecular weight excluding hydrogens is 495 g/mol. The first-order chi connectivity index (χ1) is 13.8. The van der Waals surface area contributed by atoms with Crippen LogP contribution < -0.4 is 15.4 Å². The lowest BCUT2D eigenvalue weighted by atomic mass is 10.00. The summed E-state index contributed by atoms with van der Waals surface area (Å²) in [4.78, 5) is 6.75. The number of ether oxygens (including phenoxy) is 1. The van der Waals surface area contributed by atoms with E-state index >= 15 is 0 Å². The van der Waals surface area contributed by atoms with Crippen LogP contribution in [0.5, 0.6) is 5.75 Å². The first kappa shape index (κ1) is 26.2. The summed E-state index contributed by atoms with van der Waals surface area (Å²) >= 11 is 0. The number of benzene rings is 1. The number of hydrogen-bond acceptors (Lipinski definition) is 5. The van der Waals surface area contributed by atoms with E-state index in [1.165, 1.54) is 0 Å². The Kier molecular flexibility index (Phi) is 11.1. The Bertz CT molecular complexity index is 791. The maximum Gasteiger partial charge on any atom is 0.191 e. The van der Waals surface area contributed by atoms with Crippen molar-refractivity contribution in [3.05, 3.63) is 47.8 Å². The van der Waals surface area contributed by atoms with Crippen molar-refractivity contribution in [2.24, 2.45) is 12.0 Å². The van der Waals surface area contributed by atoms with E-state index in [-0.39, 0.29) is 24.0 Å². The largest absolute Gasteiger partial charge is 0.492 e. The molecule has 1 unspecified atom stereocenters. The molecule has 2 aromatic rings. The highest BCUT2D eigenvalue weighted by Crippen LogP contribution is 2.20. The van der Waals surface area contributed by atoms with E-state index in [0.717, 1.165) is 30.0 Å². The number of guanidine groups is 1. The fourth-order valence-electron chi connectivity index (χ4n) is 2.68. The average molecular weight is 530 g/mol. The number of para-hydroxylation sites is 1. The number of aromatic nitrogens is 2. The van der Waals surface area contributed by atoms with Crippen LogP contribution in [0, 0.1) is 0 Å². The second-order valence-corrected chi connectivity index (χ2v) is 7.48. The highest BCUT2D eigenvalue weighted by molar-refractivity contribution is 14.0. The smallest absolute Gasteiger partial charge is 0.191 e. The molecule has 1 heterocycles. The summed E-state index contributed by atoms with van der Waals surface area (Å²) in [7, 11) is 5.87. The zero-order valence-electron chi connectivity index (χ0n) is 18.6. The summed E-state index contributed by atoms with van der Waals surface area (Å²) in [6.45, 7) is 6.75. The van der Waals surface area contributed by atoms with Crippen LogP contribution in [0.2, 0.25) is 0 Å². The van der Waals surface area contributed by atoms with Crippen LogP contribution in [0.1, 0.15) is 25.0 Å². The quantitative estimate of drug-likeness (QED) is 0.247. The maximum absolute atomic E-state index is 10.8. The number of hydrogen-bond donors (Lipinski definition) is 3. The third kappa shape index (κ3) is 8.49. The van der Waals surface area contributed by atoms with E-state index in [9.17, 15) is 5.11 Å². The van der Waals surface area contributed by atoms with Gasteiger partial charge in [0.05, 0.1) is 19.3 Å². The minimum absolute atomic E-state index is 0. The number of rotatable bonds is 10. The van der Waals surface area contributed by atoms with Gasteiger partial charge < -0.3 is 25.4 Å². The molecular formula is C21H35IN6O2. The number of aliphatic hydroxyl groups is 1. The predicted molar refractivity (Wildman–Crippen MR) is 132 cm³/mol. The van der Waals surface area contributed by atoms with Crippen molar-refractivity contribution in [2.45, 2.75) is 26.0 Å². The molecule has 0 bridgehead atoms. The standard InChI is InChI=1S/C21H34N6O2.HI/c1-6-22-20(24-16-21(2,28)18-14-25-27(5)15-18)23-13-17-9-7-8-10-19(17)29-12-11-26(3)4;/h7-10,14-15,28H,6,11-13,16H2,1-5H3,(H2,22,23,24);1H. The highest BCUT2D eigenvalue weighted by atomic mass is 127. The molecule has 0 saturated carbocycles. The summed E-state index contributed by atoms with van der Waals surface area (Å²) in [6, 6.07) is 7.93. The lowest BCUT2D eigenvalue weighted by Gasteiger charge is -2.23. The molecule has 2 rings (SSSR count). The number of aliphatic imine (C=N–C) groups is 1.